The molecule has 0 fully saturated rings. The van der Waals surface area contributed by atoms with Gasteiger partial charge < -0.3 is 0 Å². The third-order valence-corrected chi connectivity index (χ3v) is 1.76. The molecule has 0 atom stereocenters. The zero-order valence-electron chi connectivity index (χ0n) is 5.17. The standard InChI is InChI=1S/C8H5N.Rh/c9-7-6-8-4-2-1-3-5-8;/h1-5H;. The molecule has 0 aromatic heterocycles. The number of hydrogen-bond acceptors (Lipinski definition) is 1. The van der Waals surface area contributed by atoms with Crippen LogP contribution >= 0.6 is 0 Å². The summed E-state index contributed by atoms with van der Waals surface area (Å²) in [6, 6.07) is 11.6. The van der Waals surface area contributed by atoms with E-state index in [1.54, 1.807) is 0 Å². The Morgan fingerprint density at radius 1 is 1.30 bits per heavy atom. The molecule has 1 aromatic rings. The normalized spacial score (nSPS) is 8.40. The van der Waals surface area contributed by atoms with E-state index in [1.807, 2.05) is 36.4 Å². The van der Waals surface area contributed by atoms with E-state index in [-0.39, 0.29) is 0 Å². The van der Waals surface area contributed by atoms with Crippen molar-refractivity contribution in [3.8, 4) is 6.07 Å². The Balaban J connectivity index is 2.99. The second-order valence-corrected chi connectivity index (χ2v) is 2.59. The van der Waals surface area contributed by atoms with Gasteiger partial charge in [0.15, 0.2) is 0 Å². The Hall–Kier alpha value is -0.797. The van der Waals surface area contributed by atoms with Gasteiger partial charge in [0, 0.05) is 0 Å². The molecule has 0 N–H and O–H groups in total. The van der Waals surface area contributed by atoms with Gasteiger partial charge in [-0.15, -0.1) is 0 Å². The van der Waals surface area contributed by atoms with Gasteiger partial charge in [0.2, 0.25) is 0 Å². The van der Waals surface area contributed by atoms with Crippen LogP contribution in [0.2, 0.25) is 0 Å². The number of hydrogen-bond donors (Lipinski definition) is 0. The van der Waals surface area contributed by atoms with E-state index in [0.29, 0.717) is 4.11 Å². The maximum atomic E-state index is 8.47. The van der Waals surface area contributed by atoms with E-state index in [4.69, 9.17) is 5.26 Å². The third kappa shape index (κ3) is 1.59. The first-order valence-corrected chi connectivity index (χ1v) is 3.62. The fraction of sp³-hybridized carbons (Fsp3) is 0. The van der Waals surface area contributed by atoms with Crippen molar-refractivity contribution in [2.24, 2.45) is 0 Å². The Kier molecular flexibility index (Phi) is 2.48. The van der Waals surface area contributed by atoms with Gasteiger partial charge in [0.05, 0.1) is 0 Å². The van der Waals surface area contributed by atoms with Crippen LogP contribution in [0.4, 0.5) is 0 Å². The first-order valence-electron chi connectivity index (χ1n) is 2.80. The summed E-state index contributed by atoms with van der Waals surface area (Å²) in [4.78, 5) is 0. The summed E-state index contributed by atoms with van der Waals surface area (Å²) in [7, 11) is 0. The van der Waals surface area contributed by atoms with Gasteiger partial charge in [-0.2, -0.15) is 0 Å². The fourth-order valence-corrected chi connectivity index (χ4v) is 0.915. The summed E-state index contributed by atoms with van der Waals surface area (Å²) < 4.78 is 0.654. The number of benzene rings is 1. The molecule has 0 aliphatic rings. The Labute approximate surface area is 69.5 Å². The van der Waals surface area contributed by atoms with E-state index >= 15 is 0 Å². The van der Waals surface area contributed by atoms with Crippen LogP contribution in [-0.2, 0) is 17.9 Å². The van der Waals surface area contributed by atoms with Gasteiger partial charge in [-0.3, -0.25) is 0 Å². The first-order chi connectivity index (χ1) is 4.84. The monoisotopic (exact) mass is 218 g/mol. The molecule has 1 aromatic carbocycles. The van der Waals surface area contributed by atoms with Crippen molar-refractivity contribution in [1.29, 1.82) is 5.26 Å². The Morgan fingerprint density at radius 3 is 2.40 bits per heavy atom. The van der Waals surface area contributed by atoms with E-state index in [1.165, 1.54) is 0 Å². The molecule has 0 aliphatic carbocycles. The Bertz CT molecular complexity index is 271. The van der Waals surface area contributed by atoms with Crippen molar-refractivity contribution in [3.63, 3.8) is 0 Å². The topological polar surface area (TPSA) is 23.8 Å². The molecule has 0 aliphatic heterocycles. The first kappa shape index (κ1) is 7.31. The molecule has 0 saturated carbocycles. The number of rotatable bonds is 1. The van der Waals surface area contributed by atoms with E-state index in [0.717, 1.165) is 5.56 Å². The number of nitriles is 1. The van der Waals surface area contributed by atoms with Crippen LogP contribution in [0.25, 0.3) is 0 Å². The van der Waals surface area contributed by atoms with Crippen LogP contribution in [0.3, 0.4) is 0 Å². The van der Waals surface area contributed by atoms with Crippen molar-refractivity contribution in [2.45, 2.75) is 0 Å². The van der Waals surface area contributed by atoms with Crippen LogP contribution in [0.1, 0.15) is 5.56 Å². The second-order valence-electron chi connectivity index (χ2n) is 1.77. The zero-order valence-corrected chi connectivity index (χ0v) is 6.81. The van der Waals surface area contributed by atoms with E-state index < -0.39 is 0 Å². The van der Waals surface area contributed by atoms with Gasteiger partial charge in [0.25, 0.3) is 0 Å². The predicted molar refractivity (Wildman–Crippen MR) is 36.2 cm³/mol. The molecule has 0 amide bonds. The molecular weight excluding hydrogens is 213 g/mol. The maximum absolute atomic E-state index is 8.47. The summed E-state index contributed by atoms with van der Waals surface area (Å²) >= 11 is 2.59. The fourth-order valence-electron chi connectivity index (χ4n) is 0.642. The van der Waals surface area contributed by atoms with Crippen molar-refractivity contribution >= 4 is 4.11 Å². The van der Waals surface area contributed by atoms with Crippen LogP contribution in [0.5, 0.6) is 0 Å². The third-order valence-electron chi connectivity index (χ3n) is 1.11. The van der Waals surface area contributed by atoms with Crippen LogP contribution in [0, 0.1) is 11.3 Å². The minimum absolute atomic E-state index is 0.654. The molecule has 1 rings (SSSR count). The van der Waals surface area contributed by atoms with E-state index in [9.17, 15) is 0 Å². The molecule has 1 nitrogen and oxygen atoms in total. The molecule has 0 unspecified atom stereocenters. The average Bonchev–Trinajstić information content (AvgIpc) is 2.05. The van der Waals surface area contributed by atoms with Gasteiger partial charge in [-0.05, 0) is 0 Å². The quantitative estimate of drug-likeness (QED) is 0.651. The van der Waals surface area contributed by atoms with Crippen LogP contribution < -0.4 is 0 Å². The van der Waals surface area contributed by atoms with Gasteiger partial charge in [-0.25, -0.2) is 0 Å². The second kappa shape index (κ2) is 3.39. The molecule has 0 radical (unpaired) electrons. The van der Waals surface area contributed by atoms with Crippen molar-refractivity contribution in [3.05, 3.63) is 35.9 Å². The van der Waals surface area contributed by atoms with Gasteiger partial charge in [0.1, 0.15) is 0 Å². The van der Waals surface area contributed by atoms with E-state index in [2.05, 4.69) is 17.9 Å². The van der Waals surface area contributed by atoms with Gasteiger partial charge >= 0.3 is 69.2 Å². The van der Waals surface area contributed by atoms with Crippen molar-refractivity contribution in [2.75, 3.05) is 0 Å². The summed E-state index contributed by atoms with van der Waals surface area (Å²) in [5.74, 6) is 0. The van der Waals surface area contributed by atoms with Crippen LogP contribution in [-0.4, -0.2) is 4.11 Å². The van der Waals surface area contributed by atoms with Crippen LogP contribution in [0.15, 0.2) is 30.3 Å². The summed E-state index contributed by atoms with van der Waals surface area (Å²) in [5.41, 5.74) is 0.956. The molecular formula is C8H5NRh. The Morgan fingerprint density at radius 2 is 1.90 bits per heavy atom. The molecule has 0 heterocycles. The van der Waals surface area contributed by atoms with Crippen molar-refractivity contribution < 1.29 is 17.9 Å². The molecule has 51 valence electrons. The zero-order chi connectivity index (χ0) is 7.40. The molecule has 0 bridgehead atoms. The summed E-state index contributed by atoms with van der Waals surface area (Å²) in [5, 5.41) is 8.47. The summed E-state index contributed by atoms with van der Waals surface area (Å²) in [6.45, 7) is 0. The molecule has 0 spiro atoms. The number of nitrogens with zero attached hydrogens (tertiary/aromatic N) is 1. The van der Waals surface area contributed by atoms with Gasteiger partial charge in [-0.1, -0.05) is 0 Å². The SMILES string of the molecule is N#C[C](=[Rh])c1ccccc1. The summed E-state index contributed by atoms with van der Waals surface area (Å²) in [6.07, 6.45) is 0. The minimum atomic E-state index is 0.654. The average molecular weight is 218 g/mol. The molecule has 2 heteroatoms. The van der Waals surface area contributed by atoms with Crippen molar-refractivity contribution in [1.82, 2.24) is 0 Å². The predicted octanol–water partition coefficient (Wildman–Crippen LogP) is 1.28. The molecule has 0 saturated heterocycles. The molecule has 10 heavy (non-hydrogen) atoms.